The van der Waals surface area contributed by atoms with Gasteiger partial charge in [-0.3, -0.25) is 0 Å². The average Bonchev–Trinajstić information content (AvgIpc) is 1.97. The second-order valence-electron chi connectivity index (χ2n) is 7.11. The van der Waals surface area contributed by atoms with Gasteiger partial charge in [0, 0.05) is 23.9 Å². The van der Waals surface area contributed by atoms with Crippen LogP contribution in [0.5, 0.6) is 0 Å². The lowest BCUT2D eigenvalue weighted by molar-refractivity contribution is -0.899. The third kappa shape index (κ3) is 3.31. The fourth-order valence-corrected chi connectivity index (χ4v) is 2.77. The van der Waals surface area contributed by atoms with E-state index in [1.54, 1.807) is 5.06 Å². The molecular weight excluding hydrogens is 315 g/mol. The molecule has 0 saturated carbocycles. The Kier molecular flexibility index (Phi) is 4.88. The van der Waals surface area contributed by atoms with Crippen LogP contribution < -0.4 is 24.0 Å². The summed E-state index contributed by atoms with van der Waals surface area (Å²) in [7, 11) is 6.72. The van der Waals surface area contributed by atoms with Crippen LogP contribution >= 0.6 is 0 Å². The third-order valence-corrected chi connectivity index (χ3v) is 3.71. The van der Waals surface area contributed by atoms with Crippen molar-refractivity contribution in [2.24, 2.45) is 0 Å². The van der Waals surface area contributed by atoms with E-state index in [2.05, 4.69) is 48.8 Å². The van der Waals surface area contributed by atoms with E-state index in [1.165, 1.54) is 0 Å². The van der Waals surface area contributed by atoms with Crippen molar-refractivity contribution in [1.29, 1.82) is 0 Å². The molecule has 1 aliphatic heterocycles. The number of hydrogen-bond acceptors (Lipinski definition) is 2. The van der Waals surface area contributed by atoms with Crippen molar-refractivity contribution < 1.29 is 33.7 Å². The molecule has 1 saturated heterocycles. The fraction of sp³-hybridized carbons (Fsp3) is 1.00. The van der Waals surface area contributed by atoms with E-state index in [1.807, 2.05) is 0 Å². The molecule has 0 radical (unpaired) electrons. The highest BCUT2D eigenvalue weighted by Crippen LogP contribution is 2.39. The molecule has 1 heterocycles. The first-order valence-corrected chi connectivity index (χ1v) is 5.77. The predicted molar refractivity (Wildman–Crippen MR) is 62.8 cm³/mol. The molecule has 4 heteroatoms. The highest BCUT2D eigenvalue weighted by atomic mass is 127. The molecule has 3 nitrogen and oxygen atoms in total. The summed E-state index contributed by atoms with van der Waals surface area (Å²) in [5, 5.41) is 11.7. The minimum atomic E-state index is -0.127. The maximum atomic E-state index is 10.2. The van der Waals surface area contributed by atoms with E-state index in [9.17, 15) is 5.21 Å². The first kappa shape index (κ1) is 16.6. The van der Waals surface area contributed by atoms with Gasteiger partial charge in [0.1, 0.15) is 0 Å². The van der Waals surface area contributed by atoms with Crippen LogP contribution in [0, 0.1) is 0 Å². The summed E-state index contributed by atoms with van der Waals surface area (Å²) in [5.74, 6) is 0. The van der Waals surface area contributed by atoms with Crippen LogP contribution in [0.15, 0.2) is 0 Å². The monoisotopic (exact) mass is 342 g/mol. The number of rotatable bonds is 1. The van der Waals surface area contributed by atoms with Crippen LogP contribution in [-0.2, 0) is 0 Å². The van der Waals surface area contributed by atoms with E-state index < -0.39 is 0 Å². The lowest BCUT2D eigenvalue weighted by Crippen LogP contribution is -3.00. The summed E-state index contributed by atoms with van der Waals surface area (Å²) in [6.07, 6.45) is 2.08. The zero-order valence-electron chi connectivity index (χ0n) is 11.7. The molecule has 98 valence electrons. The highest BCUT2D eigenvalue weighted by Gasteiger charge is 2.48. The third-order valence-electron chi connectivity index (χ3n) is 3.71. The first-order valence-electron chi connectivity index (χ1n) is 5.77. The Morgan fingerprint density at radius 1 is 1.00 bits per heavy atom. The molecule has 16 heavy (non-hydrogen) atoms. The van der Waals surface area contributed by atoms with Crippen molar-refractivity contribution in [3.8, 4) is 0 Å². The van der Waals surface area contributed by atoms with Gasteiger partial charge in [-0.1, -0.05) is 0 Å². The number of halogens is 1. The molecule has 1 N–H and O–H groups in total. The Labute approximate surface area is 117 Å². The van der Waals surface area contributed by atoms with Crippen LogP contribution in [0.2, 0.25) is 0 Å². The van der Waals surface area contributed by atoms with Crippen LogP contribution in [0.3, 0.4) is 0 Å². The van der Waals surface area contributed by atoms with Crippen LogP contribution in [-0.4, -0.2) is 53.0 Å². The normalized spacial score (nSPS) is 26.2. The molecule has 1 fully saturated rings. The molecule has 0 aromatic carbocycles. The minimum absolute atomic E-state index is 0. The SMILES string of the molecule is CC1(C)CC([N+](C)(C)C)CC(C)(C)N1O.[I-]. The zero-order valence-corrected chi connectivity index (χ0v) is 13.9. The van der Waals surface area contributed by atoms with Crippen molar-refractivity contribution in [3.63, 3.8) is 0 Å². The van der Waals surface area contributed by atoms with E-state index in [-0.39, 0.29) is 35.1 Å². The lowest BCUT2D eigenvalue weighted by atomic mass is 9.78. The standard InChI is InChI=1S/C12H27N2O.HI/c1-11(2)8-10(14(5,6)7)9-12(3,4)13(11)15;/h10,15H,8-9H2,1-7H3;1H/q+1;/p-1. The van der Waals surface area contributed by atoms with Gasteiger partial charge in [-0.05, 0) is 27.7 Å². The molecule has 1 rings (SSSR count). The molecule has 1 aliphatic rings. The van der Waals surface area contributed by atoms with Gasteiger partial charge < -0.3 is 33.7 Å². The average molecular weight is 342 g/mol. The van der Waals surface area contributed by atoms with Gasteiger partial charge >= 0.3 is 0 Å². The maximum absolute atomic E-state index is 10.2. The Morgan fingerprint density at radius 2 is 1.31 bits per heavy atom. The summed E-state index contributed by atoms with van der Waals surface area (Å²) in [6.45, 7) is 8.49. The quantitative estimate of drug-likeness (QED) is 0.494. The van der Waals surface area contributed by atoms with E-state index >= 15 is 0 Å². The molecule has 0 spiro atoms. The van der Waals surface area contributed by atoms with Gasteiger partial charge in [0.2, 0.25) is 0 Å². The highest BCUT2D eigenvalue weighted by molar-refractivity contribution is 4.96. The first-order chi connectivity index (χ1) is 6.47. The predicted octanol–water partition coefficient (Wildman–Crippen LogP) is -0.893. The zero-order chi connectivity index (χ0) is 12.1. The van der Waals surface area contributed by atoms with Crippen molar-refractivity contribution in [1.82, 2.24) is 5.06 Å². The van der Waals surface area contributed by atoms with Gasteiger partial charge in [-0.25, -0.2) is 0 Å². The Morgan fingerprint density at radius 3 is 1.56 bits per heavy atom. The van der Waals surface area contributed by atoms with Crippen LogP contribution in [0.4, 0.5) is 0 Å². The van der Waals surface area contributed by atoms with Gasteiger partial charge in [0.15, 0.2) is 0 Å². The summed E-state index contributed by atoms with van der Waals surface area (Å²) in [6, 6.07) is 0.610. The lowest BCUT2D eigenvalue weighted by Gasteiger charge is -2.54. The van der Waals surface area contributed by atoms with Crippen molar-refractivity contribution in [2.75, 3.05) is 21.1 Å². The molecule has 0 atom stereocenters. The second kappa shape index (κ2) is 4.71. The molecule has 0 aliphatic carbocycles. The smallest absolute Gasteiger partial charge is 0.0921 e. The Hall–Kier alpha value is 0.610. The van der Waals surface area contributed by atoms with Gasteiger partial charge in [-0.2, -0.15) is 5.06 Å². The van der Waals surface area contributed by atoms with Crippen molar-refractivity contribution >= 4 is 0 Å². The van der Waals surface area contributed by atoms with Crippen molar-refractivity contribution in [3.05, 3.63) is 0 Å². The summed E-state index contributed by atoms with van der Waals surface area (Å²) >= 11 is 0. The number of piperidine rings is 1. The van der Waals surface area contributed by atoms with E-state index in [0.717, 1.165) is 17.3 Å². The number of hydroxylamine groups is 2. The van der Waals surface area contributed by atoms with Gasteiger partial charge in [0.25, 0.3) is 0 Å². The minimum Gasteiger partial charge on any atom is -1.00 e. The molecule has 0 aromatic rings. The summed E-state index contributed by atoms with van der Waals surface area (Å²) < 4.78 is 0.973. The summed E-state index contributed by atoms with van der Waals surface area (Å²) in [5.41, 5.74) is -0.254. The topological polar surface area (TPSA) is 23.5 Å². The molecule has 0 bridgehead atoms. The van der Waals surface area contributed by atoms with Crippen LogP contribution in [0.25, 0.3) is 0 Å². The molecule has 0 unspecified atom stereocenters. The fourth-order valence-electron chi connectivity index (χ4n) is 2.77. The molecule has 0 amide bonds. The summed E-state index contributed by atoms with van der Waals surface area (Å²) in [4.78, 5) is 0. The molecule has 0 aromatic heterocycles. The van der Waals surface area contributed by atoms with Gasteiger partial charge in [0.05, 0.1) is 27.2 Å². The van der Waals surface area contributed by atoms with E-state index in [0.29, 0.717) is 6.04 Å². The Balaban J connectivity index is 0.00000225. The Bertz CT molecular complexity index is 228. The molecular formula is C12H27IN2O. The van der Waals surface area contributed by atoms with Crippen molar-refractivity contribution in [2.45, 2.75) is 57.7 Å². The number of nitrogens with zero attached hydrogens (tertiary/aromatic N) is 2. The van der Waals surface area contributed by atoms with E-state index in [4.69, 9.17) is 0 Å². The largest absolute Gasteiger partial charge is 1.00 e. The number of hydrogen-bond donors (Lipinski definition) is 1. The van der Waals surface area contributed by atoms with Crippen LogP contribution in [0.1, 0.15) is 40.5 Å². The number of quaternary nitrogens is 1. The van der Waals surface area contributed by atoms with Gasteiger partial charge in [-0.15, -0.1) is 0 Å². The maximum Gasteiger partial charge on any atom is 0.0921 e. The second-order valence-corrected chi connectivity index (χ2v) is 7.11.